The number of fused-ring (bicyclic) bond motifs is 7. The molecule has 3 aliphatic rings. The maximum absolute atomic E-state index is 6.39. The van der Waals surface area contributed by atoms with Crippen molar-refractivity contribution < 1.29 is 4.74 Å². The van der Waals surface area contributed by atoms with E-state index in [1.807, 2.05) is 0 Å². The third-order valence-corrected chi connectivity index (χ3v) is 5.87. The zero-order valence-electron chi connectivity index (χ0n) is 14.0. The summed E-state index contributed by atoms with van der Waals surface area (Å²) in [6, 6.07) is 17.6. The monoisotopic (exact) mass is 325 g/mol. The van der Waals surface area contributed by atoms with Crippen molar-refractivity contribution in [3.8, 4) is 0 Å². The highest BCUT2D eigenvalue weighted by atomic mass is 16.5. The minimum atomic E-state index is -0.268. The molecule has 1 unspecified atom stereocenters. The van der Waals surface area contributed by atoms with Crippen molar-refractivity contribution in [2.45, 2.75) is 25.0 Å². The summed E-state index contributed by atoms with van der Waals surface area (Å²) >= 11 is 0. The first kappa shape index (κ1) is 13.7. The molecule has 2 nitrogen and oxygen atoms in total. The third kappa shape index (κ3) is 1.83. The molecule has 1 fully saturated rings. The van der Waals surface area contributed by atoms with Gasteiger partial charge in [0.25, 0.3) is 0 Å². The van der Waals surface area contributed by atoms with E-state index in [0.29, 0.717) is 0 Å². The Bertz CT molecular complexity index is 1100. The number of benzene rings is 3. The van der Waals surface area contributed by atoms with Crippen LogP contribution >= 0.6 is 0 Å². The summed E-state index contributed by atoms with van der Waals surface area (Å²) in [5.41, 5.74) is 3.60. The average molecular weight is 325 g/mol. The van der Waals surface area contributed by atoms with Crippen LogP contribution in [0, 0.1) is 0 Å². The standard InChI is InChI=1S/C23H19NO/c1-2-6-16-15(5-1)7-8-18-17(16)9-10-19-20(18)13-22-21(19)14-23(25-22)11-3-4-12-24-23/h1-2,5-10,13-14,24H,3-4,11-12H2. The van der Waals surface area contributed by atoms with Gasteiger partial charge < -0.3 is 4.74 Å². The molecular formula is C23H19NO. The Morgan fingerprint density at radius 3 is 2.72 bits per heavy atom. The molecule has 3 aromatic carbocycles. The average Bonchev–Trinajstić information content (AvgIpc) is 3.16. The van der Waals surface area contributed by atoms with Gasteiger partial charge in [-0.3, -0.25) is 5.32 Å². The van der Waals surface area contributed by atoms with Gasteiger partial charge >= 0.3 is 0 Å². The molecule has 1 spiro atoms. The van der Waals surface area contributed by atoms with Crippen molar-refractivity contribution in [3.63, 3.8) is 0 Å². The second-order valence-electron chi connectivity index (χ2n) is 7.35. The zero-order valence-corrected chi connectivity index (χ0v) is 14.0. The predicted molar refractivity (Wildman–Crippen MR) is 103 cm³/mol. The first-order chi connectivity index (χ1) is 12.3. The van der Waals surface area contributed by atoms with Gasteiger partial charge in [0.05, 0.1) is 0 Å². The summed E-state index contributed by atoms with van der Waals surface area (Å²) in [6.07, 6.45) is 8.07. The minimum Gasteiger partial charge on any atom is -0.469 e. The lowest BCUT2D eigenvalue weighted by atomic mass is 9.94. The number of piperidine rings is 1. The lowest BCUT2D eigenvalue weighted by Crippen LogP contribution is -2.47. The van der Waals surface area contributed by atoms with Gasteiger partial charge in [0.2, 0.25) is 0 Å². The minimum absolute atomic E-state index is 0.268. The molecule has 2 aliphatic heterocycles. The molecule has 122 valence electrons. The number of rotatable bonds is 0. The Morgan fingerprint density at radius 2 is 1.80 bits per heavy atom. The van der Waals surface area contributed by atoms with E-state index < -0.39 is 0 Å². The molecule has 6 rings (SSSR count). The first-order valence-corrected chi connectivity index (χ1v) is 9.17. The van der Waals surface area contributed by atoms with Crippen LogP contribution in [0.1, 0.15) is 30.4 Å². The quantitative estimate of drug-likeness (QED) is 0.571. The van der Waals surface area contributed by atoms with Crippen LogP contribution in [0.3, 0.4) is 0 Å². The van der Waals surface area contributed by atoms with Gasteiger partial charge in [-0.2, -0.15) is 0 Å². The van der Waals surface area contributed by atoms with Crippen molar-refractivity contribution in [1.29, 1.82) is 0 Å². The Labute approximate surface area is 146 Å². The third-order valence-electron chi connectivity index (χ3n) is 5.87. The summed E-state index contributed by atoms with van der Waals surface area (Å²) in [4.78, 5) is 0. The summed E-state index contributed by atoms with van der Waals surface area (Å²) in [5.74, 6) is 1.03. The molecule has 0 amide bonds. The molecule has 3 aromatic rings. The summed E-state index contributed by atoms with van der Waals surface area (Å²) in [5, 5.41) is 8.82. The van der Waals surface area contributed by atoms with Gasteiger partial charge in [0.15, 0.2) is 5.72 Å². The maximum Gasteiger partial charge on any atom is 0.181 e. The van der Waals surface area contributed by atoms with E-state index >= 15 is 0 Å². The van der Waals surface area contributed by atoms with Crippen molar-refractivity contribution in [1.82, 2.24) is 5.32 Å². The molecule has 1 N–H and O–H groups in total. The molecule has 0 saturated carbocycles. The Morgan fingerprint density at radius 1 is 0.880 bits per heavy atom. The lowest BCUT2D eigenvalue weighted by molar-refractivity contribution is 0.0139. The highest BCUT2D eigenvalue weighted by molar-refractivity contribution is 6.13. The Balaban J connectivity index is 1.57. The number of nitrogens with one attached hydrogen (secondary N) is 1. The van der Waals surface area contributed by atoms with Crippen LogP contribution < -0.4 is 5.32 Å². The molecule has 1 aliphatic carbocycles. The van der Waals surface area contributed by atoms with Crippen LogP contribution in [0.15, 0.2) is 60.4 Å². The smallest absolute Gasteiger partial charge is 0.181 e. The van der Waals surface area contributed by atoms with Crippen LogP contribution in [0.5, 0.6) is 0 Å². The van der Waals surface area contributed by atoms with E-state index in [1.165, 1.54) is 51.1 Å². The van der Waals surface area contributed by atoms with Crippen LogP contribution in [0.25, 0.3) is 33.2 Å². The first-order valence-electron chi connectivity index (χ1n) is 9.17. The van der Waals surface area contributed by atoms with Crippen LogP contribution in [0.2, 0.25) is 0 Å². The van der Waals surface area contributed by atoms with Gasteiger partial charge in [0.1, 0.15) is 5.76 Å². The molecule has 1 saturated heterocycles. The largest absolute Gasteiger partial charge is 0.469 e. The van der Waals surface area contributed by atoms with Crippen molar-refractivity contribution >= 4 is 33.2 Å². The number of ether oxygens (including phenoxy) is 1. The second kappa shape index (κ2) is 4.74. The zero-order chi connectivity index (χ0) is 16.4. The highest BCUT2D eigenvalue weighted by Crippen LogP contribution is 2.48. The van der Waals surface area contributed by atoms with E-state index in [9.17, 15) is 0 Å². The van der Waals surface area contributed by atoms with Gasteiger partial charge in [-0.1, -0.05) is 48.5 Å². The number of hydrogen-bond donors (Lipinski definition) is 1. The predicted octanol–water partition coefficient (Wildman–Crippen LogP) is 5.23. The summed E-state index contributed by atoms with van der Waals surface area (Å²) < 4.78 is 6.39. The van der Waals surface area contributed by atoms with Crippen molar-refractivity contribution in [3.05, 3.63) is 71.5 Å². The maximum atomic E-state index is 6.39. The fraction of sp³-hybridized carbons (Fsp3) is 0.217. The van der Waals surface area contributed by atoms with E-state index in [-0.39, 0.29) is 5.72 Å². The van der Waals surface area contributed by atoms with Crippen LogP contribution in [-0.4, -0.2) is 12.3 Å². The van der Waals surface area contributed by atoms with Crippen LogP contribution in [0.4, 0.5) is 0 Å². The molecule has 2 heteroatoms. The van der Waals surface area contributed by atoms with Gasteiger partial charge in [-0.15, -0.1) is 0 Å². The Kier molecular flexibility index (Phi) is 2.59. The normalized spacial score (nSPS) is 24.2. The molecule has 25 heavy (non-hydrogen) atoms. The second-order valence-corrected chi connectivity index (χ2v) is 7.35. The Hall–Kier alpha value is -2.58. The molecule has 2 heterocycles. The van der Waals surface area contributed by atoms with E-state index in [1.54, 1.807) is 0 Å². The molecule has 0 bridgehead atoms. The van der Waals surface area contributed by atoms with Gasteiger partial charge in [-0.05, 0) is 64.2 Å². The van der Waals surface area contributed by atoms with Crippen LogP contribution in [-0.2, 0) is 4.74 Å². The molecule has 0 aromatic heterocycles. The fourth-order valence-corrected chi connectivity index (χ4v) is 4.65. The fourth-order valence-electron chi connectivity index (χ4n) is 4.65. The highest BCUT2D eigenvalue weighted by Gasteiger charge is 2.41. The lowest BCUT2D eigenvalue weighted by Gasteiger charge is -2.32. The molecule has 0 radical (unpaired) electrons. The number of allylic oxidation sites excluding steroid dienone is 1. The van der Waals surface area contributed by atoms with Gasteiger partial charge in [0, 0.05) is 12.0 Å². The van der Waals surface area contributed by atoms with E-state index in [0.717, 1.165) is 18.7 Å². The molecular weight excluding hydrogens is 306 g/mol. The van der Waals surface area contributed by atoms with E-state index in [2.05, 4.69) is 66.0 Å². The SMILES string of the molecule is C1=C2OC3(C=C2c2ccc4c(ccc5ccccc54)c21)CCCCN3. The van der Waals surface area contributed by atoms with E-state index in [4.69, 9.17) is 4.74 Å². The number of hydrogen-bond acceptors (Lipinski definition) is 2. The molecule has 1 atom stereocenters. The van der Waals surface area contributed by atoms with Crippen molar-refractivity contribution in [2.75, 3.05) is 6.54 Å². The summed E-state index contributed by atoms with van der Waals surface area (Å²) in [6.45, 7) is 1.04. The summed E-state index contributed by atoms with van der Waals surface area (Å²) in [7, 11) is 0. The topological polar surface area (TPSA) is 21.3 Å². The van der Waals surface area contributed by atoms with Gasteiger partial charge in [-0.25, -0.2) is 0 Å². The van der Waals surface area contributed by atoms with Crippen molar-refractivity contribution in [2.24, 2.45) is 0 Å².